The van der Waals surface area contributed by atoms with Gasteiger partial charge in [-0.15, -0.1) is 0 Å². The highest BCUT2D eigenvalue weighted by Gasteiger charge is 2.30. The second kappa shape index (κ2) is 7.58. The zero-order chi connectivity index (χ0) is 20.5. The number of primary amides is 1. The normalized spacial score (nSPS) is 20.5. The van der Waals surface area contributed by atoms with Crippen molar-refractivity contribution in [2.75, 3.05) is 18.5 Å². The van der Waals surface area contributed by atoms with Gasteiger partial charge in [0.25, 0.3) is 5.91 Å². The molecular formula is C18H17BFN5O4. The topological polar surface area (TPSA) is 135 Å². The molecule has 3 heterocycles. The Balaban J connectivity index is 1.68. The number of hydrogen-bond donors (Lipinski definition) is 3. The van der Waals surface area contributed by atoms with Crippen LogP contribution in [0.25, 0.3) is 6.08 Å². The molecule has 4 rings (SSSR count). The number of ether oxygens (including phenoxy) is 1. The lowest BCUT2D eigenvalue weighted by molar-refractivity contribution is 0.0342. The van der Waals surface area contributed by atoms with Crippen molar-refractivity contribution in [2.24, 2.45) is 11.7 Å². The monoisotopic (exact) mass is 397 g/mol. The summed E-state index contributed by atoms with van der Waals surface area (Å²) < 4.78 is 26.6. The van der Waals surface area contributed by atoms with Crippen LogP contribution in [0, 0.1) is 23.1 Å². The number of aromatic nitrogens is 2. The van der Waals surface area contributed by atoms with Crippen LogP contribution in [0.5, 0.6) is 5.75 Å². The van der Waals surface area contributed by atoms with Crippen LogP contribution in [0.15, 0.2) is 24.3 Å². The van der Waals surface area contributed by atoms with E-state index in [1.54, 1.807) is 6.08 Å². The van der Waals surface area contributed by atoms with Crippen LogP contribution in [0.1, 0.15) is 28.4 Å². The van der Waals surface area contributed by atoms with Crippen LogP contribution in [-0.2, 0) is 4.74 Å². The number of nitriles is 1. The molecule has 11 heteroatoms. The Morgan fingerprint density at radius 1 is 1.52 bits per heavy atom. The van der Waals surface area contributed by atoms with Gasteiger partial charge in [-0.2, -0.15) is 10.4 Å². The maximum absolute atomic E-state index is 14.5. The van der Waals surface area contributed by atoms with Gasteiger partial charge in [0.1, 0.15) is 17.1 Å². The molecule has 1 aromatic heterocycles. The zero-order valence-electron chi connectivity index (χ0n) is 15.2. The third kappa shape index (κ3) is 3.67. The number of carbonyl (C=O) groups excluding carboxylic acids is 1. The zero-order valence-corrected chi connectivity index (χ0v) is 15.2. The summed E-state index contributed by atoms with van der Waals surface area (Å²) in [5, 5.41) is 26.0. The summed E-state index contributed by atoms with van der Waals surface area (Å²) >= 11 is 0. The number of nitrogens with one attached hydrogen (secondary N) is 1. The number of benzene rings is 1. The van der Waals surface area contributed by atoms with Gasteiger partial charge in [0.2, 0.25) is 0 Å². The molecule has 9 nitrogen and oxygen atoms in total. The van der Waals surface area contributed by atoms with Gasteiger partial charge >= 0.3 is 7.12 Å². The predicted molar refractivity (Wildman–Crippen MR) is 102 cm³/mol. The largest absolute Gasteiger partial charge is 0.552 e. The molecule has 2 atom stereocenters. The molecule has 0 spiro atoms. The van der Waals surface area contributed by atoms with Gasteiger partial charge in [0, 0.05) is 24.4 Å². The first-order valence-electron chi connectivity index (χ1n) is 8.96. The van der Waals surface area contributed by atoms with E-state index in [1.807, 2.05) is 0 Å². The average molecular weight is 397 g/mol. The number of nitrogens with zero attached hydrogens (tertiary/aromatic N) is 3. The van der Waals surface area contributed by atoms with E-state index in [4.69, 9.17) is 15.1 Å². The number of hydrogen-bond acceptors (Lipinski definition) is 7. The van der Waals surface area contributed by atoms with Gasteiger partial charge in [-0.3, -0.25) is 9.48 Å². The van der Waals surface area contributed by atoms with Crippen LogP contribution in [0.2, 0.25) is 0 Å². The Labute approximate surface area is 165 Å². The second-order valence-corrected chi connectivity index (χ2v) is 6.76. The van der Waals surface area contributed by atoms with Crippen molar-refractivity contribution in [1.82, 2.24) is 9.78 Å². The lowest BCUT2D eigenvalue weighted by atomic mass is 9.86. The summed E-state index contributed by atoms with van der Waals surface area (Å²) in [6, 6.07) is 4.45. The molecule has 148 valence electrons. The molecule has 0 unspecified atom stereocenters. The van der Waals surface area contributed by atoms with Crippen LogP contribution < -0.4 is 15.7 Å². The van der Waals surface area contributed by atoms with Gasteiger partial charge in [0.05, 0.1) is 30.3 Å². The van der Waals surface area contributed by atoms with Gasteiger partial charge in [-0.05, 0) is 18.5 Å². The van der Waals surface area contributed by atoms with E-state index in [-0.39, 0.29) is 41.4 Å². The van der Waals surface area contributed by atoms with Crippen LogP contribution in [-0.4, -0.2) is 41.0 Å². The fourth-order valence-electron chi connectivity index (χ4n) is 3.35. The van der Waals surface area contributed by atoms with E-state index in [2.05, 4.69) is 16.5 Å². The van der Waals surface area contributed by atoms with Gasteiger partial charge < -0.3 is 25.5 Å². The van der Waals surface area contributed by atoms with Crippen molar-refractivity contribution in [1.29, 1.82) is 5.26 Å². The van der Waals surface area contributed by atoms with Crippen LogP contribution in [0.4, 0.5) is 15.9 Å². The first-order chi connectivity index (χ1) is 14.0. The third-order valence-corrected chi connectivity index (χ3v) is 4.87. The summed E-state index contributed by atoms with van der Waals surface area (Å²) in [5.41, 5.74) is 6.12. The van der Waals surface area contributed by atoms with Crippen molar-refractivity contribution >= 4 is 30.6 Å². The summed E-state index contributed by atoms with van der Waals surface area (Å²) in [6.07, 6.45) is 3.58. The summed E-state index contributed by atoms with van der Waals surface area (Å²) in [6.45, 7) is 0.754. The number of halogens is 1. The molecule has 0 saturated carbocycles. The number of anilines is 2. The second-order valence-electron chi connectivity index (χ2n) is 6.76. The lowest BCUT2D eigenvalue weighted by Crippen LogP contribution is -2.29. The van der Waals surface area contributed by atoms with Crippen LogP contribution >= 0.6 is 0 Å². The molecule has 1 amide bonds. The lowest BCUT2D eigenvalue weighted by Gasteiger charge is -2.26. The highest BCUT2D eigenvalue weighted by atomic mass is 19.1. The quantitative estimate of drug-likeness (QED) is 0.664. The Hall–Kier alpha value is -3.36. The minimum absolute atomic E-state index is 0.0536. The maximum atomic E-state index is 14.5. The molecular weight excluding hydrogens is 380 g/mol. The molecule has 29 heavy (non-hydrogen) atoms. The fraction of sp³-hybridized carbons (Fsp3) is 0.278. The smallest absolute Gasteiger partial charge is 0.532 e. The Morgan fingerprint density at radius 3 is 3.10 bits per heavy atom. The number of nitrogens with two attached hydrogens (primary N) is 1. The Morgan fingerprint density at radius 2 is 2.34 bits per heavy atom. The number of rotatable bonds is 4. The van der Waals surface area contributed by atoms with Crippen molar-refractivity contribution < 1.29 is 23.6 Å². The summed E-state index contributed by atoms with van der Waals surface area (Å²) in [5.74, 6) is -0.0508. The van der Waals surface area contributed by atoms with Gasteiger partial charge in [0.15, 0.2) is 5.82 Å². The highest BCUT2D eigenvalue weighted by Crippen LogP contribution is 2.33. The minimum atomic E-state index is -1.14. The molecule has 1 aromatic carbocycles. The molecule has 2 aliphatic heterocycles. The van der Waals surface area contributed by atoms with Crippen LogP contribution in [0.3, 0.4) is 0 Å². The third-order valence-electron chi connectivity index (χ3n) is 4.87. The van der Waals surface area contributed by atoms with Crippen molar-refractivity contribution in [3.63, 3.8) is 0 Å². The van der Waals surface area contributed by atoms with E-state index in [0.29, 0.717) is 18.6 Å². The SMILES string of the molecule is N#C[C@@H]1CCOC[C@H]1n1cc(C(N)=O)c(Nc2cc3c(cc2F)OB(O)C=C3)n1. The molecule has 0 aliphatic carbocycles. The molecule has 1 fully saturated rings. The minimum Gasteiger partial charge on any atom is -0.532 e. The average Bonchev–Trinajstić information content (AvgIpc) is 3.12. The summed E-state index contributed by atoms with van der Waals surface area (Å²) in [4.78, 5) is 11.9. The molecule has 1 saturated heterocycles. The van der Waals surface area contributed by atoms with E-state index < -0.39 is 18.8 Å². The number of amides is 1. The van der Waals surface area contributed by atoms with E-state index in [9.17, 15) is 19.5 Å². The Bertz CT molecular complexity index is 1030. The van der Waals surface area contributed by atoms with Crippen molar-refractivity contribution in [3.8, 4) is 11.8 Å². The van der Waals surface area contributed by atoms with Crippen molar-refractivity contribution in [2.45, 2.75) is 12.5 Å². The Kier molecular flexibility index (Phi) is 4.96. The van der Waals surface area contributed by atoms with Crippen molar-refractivity contribution in [3.05, 3.63) is 41.2 Å². The first kappa shape index (κ1) is 19.0. The van der Waals surface area contributed by atoms with E-state index in [0.717, 1.165) is 6.07 Å². The highest BCUT2D eigenvalue weighted by molar-refractivity contribution is 6.51. The molecule has 2 aliphatic rings. The van der Waals surface area contributed by atoms with E-state index >= 15 is 0 Å². The summed E-state index contributed by atoms with van der Waals surface area (Å²) in [7, 11) is -1.14. The standard InChI is InChI=1S/C18H17BFN5O4/c20-13-6-16-10(1-3-19(27)29-16)5-14(13)23-18-12(17(22)26)8-25(24-18)15-9-28-4-2-11(15)7-21/h1,3,5-6,8,11,15,27H,2,4,9H2,(H2,22,26)(H,23,24)/t11-,15+/m0/s1. The van der Waals surface area contributed by atoms with Gasteiger partial charge in [-0.25, -0.2) is 4.39 Å². The maximum Gasteiger partial charge on any atom is 0.552 e. The van der Waals surface area contributed by atoms with Gasteiger partial charge in [-0.1, -0.05) is 6.08 Å². The molecule has 4 N–H and O–H groups in total. The number of fused-ring (bicyclic) bond motifs is 1. The fourth-order valence-corrected chi connectivity index (χ4v) is 3.35. The molecule has 2 aromatic rings. The van der Waals surface area contributed by atoms with E-state index in [1.165, 1.54) is 22.9 Å². The molecule has 0 bridgehead atoms. The number of carbonyl (C=O) groups is 1. The first-order valence-corrected chi connectivity index (χ1v) is 8.96. The molecule has 0 radical (unpaired) electrons. The predicted octanol–water partition coefficient (Wildman–Crippen LogP) is 1.39.